The molecule has 10 nitrogen and oxygen atoms in total. The summed E-state index contributed by atoms with van der Waals surface area (Å²) >= 11 is 0. The van der Waals surface area contributed by atoms with Gasteiger partial charge in [-0.2, -0.15) is 0 Å². The van der Waals surface area contributed by atoms with Crippen LogP contribution in [-0.4, -0.2) is 39.6 Å². The number of imide groups is 1. The molecular formula is C25H19N3O7. The Kier molecular flexibility index (Phi) is 6.36. The number of esters is 1. The van der Waals surface area contributed by atoms with Gasteiger partial charge >= 0.3 is 5.97 Å². The zero-order valence-electron chi connectivity index (χ0n) is 18.5. The lowest BCUT2D eigenvalue weighted by Crippen LogP contribution is -2.30. The summed E-state index contributed by atoms with van der Waals surface area (Å²) in [4.78, 5) is 62.2. The van der Waals surface area contributed by atoms with Crippen LogP contribution in [0.15, 0.2) is 72.8 Å². The molecule has 3 aromatic rings. The smallest absolute Gasteiger partial charge is 0.338 e. The van der Waals surface area contributed by atoms with Crippen LogP contribution in [0.25, 0.3) is 0 Å². The van der Waals surface area contributed by atoms with Crippen molar-refractivity contribution in [3.05, 3.63) is 105 Å². The van der Waals surface area contributed by atoms with Crippen molar-refractivity contribution in [3.63, 3.8) is 0 Å². The Morgan fingerprint density at radius 1 is 0.971 bits per heavy atom. The van der Waals surface area contributed by atoms with Crippen LogP contribution in [0.4, 0.5) is 11.4 Å². The van der Waals surface area contributed by atoms with Crippen LogP contribution in [0.1, 0.15) is 43.6 Å². The number of nitrogens with zero attached hydrogens (tertiary/aromatic N) is 2. The molecule has 0 aliphatic carbocycles. The van der Waals surface area contributed by atoms with Gasteiger partial charge < -0.3 is 10.1 Å². The summed E-state index contributed by atoms with van der Waals surface area (Å²) in [5.74, 6) is -2.66. The van der Waals surface area contributed by atoms with Crippen molar-refractivity contribution in [2.45, 2.75) is 19.6 Å². The summed E-state index contributed by atoms with van der Waals surface area (Å²) in [6.45, 7) is 1.40. The van der Waals surface area contributed by atoms with Gasteiger partial charge in [-0.1, -0.05) is 42.5 Å². The largest absolute Gasteiger partial charge is 0.449 e. The molecule has 1 heterocycles. The maximum Gasteiger partial charge on any atom is 0.338 e. The van der Waals surface area contributed by atoms with Crippen molar-refractivity contribution in [1.82, 2.24) is 4.90 Å². The number of nitro groups is 1. The summed E-state index contributed by atoms with van der Waals surface area (Å²) in [6.07, 6.45) is -1.29. The van der Waals surface area contributed by atoms with Gasteiger partial charge in [-0.3, -0.25) is 29.4 Å². The number of hydrogen-bond acceptors (Lipinski definition) is 7. The van der Waals surface area contributed by atoms with Crippen molar-refractivity contribution < 1.29 is 28.8 Å². The van der Waals surface area contributed by atoms with Crippen LogP contribution in [-0.2, 0) is 16.1 Å². The average Bonchev–Trinajstić information content (AvgIpc) is 3.09. The van der Waals surface area contributed by atoms with E-state index in [1.54, 1.807) is 24.3 Å². The number of rotatable bonds is 7. The van der Waals surface area contributed by atoms with Crippen molar-refractivity contribution in [2.24, 2.45) is 0 Å². The number of fused-ring (bicyclic) bond motifs is 1. The Balaban J connectivity index is 1.45. The number of amides is 3. The number of anilines is 1. The zero-order valence-corrected chi connectivity index (χ0v) is 18.5. The predicted molar refractivity (Wildman–Crippen MR) is 124 cm³/mol. The molecule has 0 aromatic heterocycles. The molecule has 1 aliphatic rings. The number of para-hydroxylation sites is 2. The fourth-order valence-corrected chi connectivity index (χ4v) is 3.58. The normalized spacial score (nSPS) is 13.2. The number of carbonyl (C=O) groups is 4. The molecule has 0 saturated carbocycles. The fraction of sp³-hybridized carbons (Fsp3) is 0.120. The first-order chi connectivity index (χ1) is 16.8. The van der Waals surface area contributed by atoms with E-state index in [-0.39, 0.29) is 34.6 Å². The first-order valence-corrected chi connectivity index (χ1v) is 10.6. The van der Waals surface area contributed by atoms with Crippen LogP contribution < -0.4 is 5.32 Å². The third kappa shape index (κ3) is 4.76. The van der Waals surface area contributed by atoms with Crippen LogP contribution in [0.3, 0.4) is 0 Å². The molecule has 1 aliphatic heterocycles. The molecule has 0 fully saturated rings. The lowest BCUT2D eigenvalue weighted by Gasteiger charge is -2.14. The summed E-state index contributed by atoms with van der Waals surface area (Å²) in [6, 6.07) is 18.5. The van der Waals surface area contributed by atoms with Crippen LogP contribution in [0, 0.1) is 10.1 Å². The topological polar surface area (TPSA) is 136 Å². The van der Waals surface area contributed by atoms with E-state index in [0.717, 1.165) is 10.5 Å². The highest BCUT2D eigenvalue weighted by molar-refractivity contribution is 6.21. The standard InChI is InChI=1S/C25H19N3O7/c1-15(22(29)26-20-9-5-6-10-21(20)28(33)34)35-25(32)17-11-12-18-19(13-17)24(31)27(23(18)30)14-16-7-3-2-4-8-16/h2-13,15H,14H2,1H3,(H,26,29). The van der Waals surface area contributed by atoms with E-state index in [9.17, 15) is 29.3 Å². The summed E-state index contributed by atoms with van der Waals surface area (Å²) in [5, 5.41) is 13.5. The molecular weight excluding hydrogens is 454 g/mol. The maximum absolute atomic E-state index is 12.8. The van der Waals surface area contributed by atoms with Gasteiger partial charge in [-0.25, -0.2) is 4.79 Å². The summed E-state index contributed by atoms with van der Waals surface area (Å²) in [5.41, 5.74) is 0.658. The van der Waals surface area contributed by atoms with E-state index in [2.05, 4.69) is 5.32 Å². The minimum absolute atomic E-state index is 0.0168. The second kappa shape index (κ2) is 9.56. The fourth-order valence-electron chi connectivity index (χ4n) is 3.58. The third-order valence-electron chi connectivity index (χ3n) is 5.40. The first-order valence-electron chi connectivity index (χ1n) is 10.6. The second-order valence-corrected chi connectivity index (χ2v) is 7.75. The molecule has 0 bridgehead atoms. The Bertz CT molecular complexity index is 1350. The molecule has 1 N–H and O–H groups in total. The Morgan fingerprint density at radius 3 is 2.34 bits per heavy atom. The second-order valence-electron chi connectivity index (χ2n) is 7.75. The Morgan fingerprint density at radius 2 is 1.63 bits per heavy atom. The minimum Gasteiger partial charge on any atom is -0.449 e. The van der Waals surface area contributed by atoms with E-state index in [1.807, 2.05) is 6.07 Å². The van der Waals surface area contributed by atoms with Gasteiger partial charge in [0.25, 0.3) is 23.4 Å². The SMILES string of the molecule is CC(OC(=O)c1ccc2c(c1)C(=O)N(Cc1ccccc1)C2=O)C(=O)Nc1ccccc1[N+](=O)[O-]. The maximum atomic E-state index is 12.8. The van der Waals surface area contributed by atoms with Gasteiger partial charge in [-0.05, 0) is 36.8 Å². The van der Waals surface area contributed by atoms with Crippen molar-refractivity contribution >= 4 is 35.1 Å². The van der Waals surface area contributed by atoms with Gasteiger partial charge in [0.15, 0.2) is 6.10 Å². The molecule has 4 rings (SSSR count). The van der Waals surface area contributed by atoms with Crippen LogP contribution in [0.2, 0.25) is 0 Å². The summed E-state index contributed by atoms with van der Waals surface area (Å²) < 4.78 is 5.18. The highest BCUT2D eigenvalue weighted by Crippen LogP contribution is 2.27. The molecule has 0 radical (unpaired) electrons. The van der Waals surface area contributed by atoms with E-state index in [0.29, 0.717) is 0 Å². The lowest BCUT2D eigenvalue weighted by molar-refractivity contribution is -0.383. The molecule has 0 saturated heterocycles. The number of benzene rings is 3. The number of nitrogens with one attached hydrogen (secondary N) is 1. The lowest BCUT2D eigenvalue weighted by atomic mass is 10.1. The van der Waals surface area contributed by atoms with Gasteiger partial charge in [0.2, 0.25) is 0 Å². The quantitative estimate of drug-likeness (QED) is 0.240. The molecule has 35 heavy (non-hydrogen) atoms. The molecule has 0 spiro atoms. The van der Waals surface area contributed by atoms with Crippen LogP contribution in [0.5, 0.6) is 0 Å². The molecule has 10 heteroatoms. The summed E-state index contributed by atoms with van der Waals surface area (Å²) in [7, 11) is 0. The van der Waals surface area contributed by atoms with Gasteiger partial charge in [0.1, 0.15) is 5.69 Å². The molecule has 1 atom stereocenters. The van der Waals surface area contributed by atoms with E-state index in [4.69, 9.17) is 4.74 Å². The average molecular weight is 473 g/mol. The van der Waals surface area contributed by atoms with Crippen LogP contribution >= 0.6 is 0 Å². The number of carbonyl (C=O) groups excluding carboxylic acids is 4. The molecule has 176 valence electrons. The highest BCUT2D eigenvalue weighted by atomic mass is 16.6. The van der Waals surface area contributed by atoms with Crippen molar-refractivity contribution in [1.29, 1.82) is 0 Å². The Labute approximate surface area is 199 Å². The first kappa shape index (κ1) is 23.3. The van der Waals surface area contributed by atoms with E-state index in [1.165, 1.54) is 49.4 Å². The van der Waals surface area contributed by atoms with Crippen molar-refractivity contribution in [3.8, 4) is 0 Å². The third-order valence-corrected chi connectivity index (χ3v) is 5.40. The Hall–Kier alpha value is -4.86. The number of nitro benzene ring substituents is 1. The number of ether oxygens (including phenoxy) is 1. The number of hydrogen-bond donors (Lipinski definition) is 1. The highest BCUT2D eigenvalue weighted by Gasteiger charge is 2.36. The predicted octanol–water partition coefficient (Wildman–Crippen LogP) is 3.58. The van der Waals surface area contributed by atoms with Crippen molar-refractivity contribution in [2.75, 3.05) is 5.32 Å². The monoisotopic (exact) mass is 473 g/mol. The molecule has 3 aromatic carbocycles. The zero-order chi connectivity index (χ0) is 25.1. The van der Waals surface area contributed by atoms with E-state index < -0.39 is 34.7 Å². The van der Waals surface area contributed by atoms with E-state index >= 15 is 0 Å². The minimum atomic E-state index is -1.29. The van der Waals surface area contributed by atoms with Gasteiger partial charge in [-0.15, -0.1) is 0 Å². The van der Waals surface area contributed by atoms with Gasteiger partial charge in [0.05, 0.1) is 28.2 Å². The van der Waals surface area contributed by atoms with Gasteiger partial charge in [0, 0.05) is 6.07 Å². The molecule has 1 unspecified atom stereocenters. The molecule has 3 amide bonds.